The SMILES string of the molecule is CCn1nnc2c(=O)n(Cc3ccc(C#N)c(C(=O)OC)c3)cnc21. The number of esters is 1. The highest BCUT2D eigenvalue weighted by molar-refractivity contribution is 5.92. The van der Waals surface area contributed by atoms with Gasteiger partial charge in [-0.05, 0) is 24.6 Å². The third-order valence-corrected chi connectivity index (χ3v) is 3.75. The zero-order chi connectivity index (χ0) is 18.0. The number of benzene rings is 1. The molecule has 0 atom stereocenters. The average molecular weight is 338 g/mol. The van der Waals surface area contributed by atoms with Crippen LogP contribution in [0.4, 0.5) is 0 Å². The van der Waals surface area contributed by atoms with E-state index >= 15 is 0 Å². The van der Waals surface area contributed by atoms with Gasteiger partial charge in [-0.15, -0.1) is 5.10 Å². The van der Waals surface area contributed by atoms with Gasteiger partial charge in [-0.3, -0.25) is 9.36 Å². The molecular weight excluding hydrogens is 324 g/mol. The first-order valence-corrected chi connectivity index (χ1v) is 7.49. The monoisotopic (exact) mass is 338 g/mol. The fourth-order valence-electron chi connectivity index (χ4n) is 2.48. The van der Waals surface area contributed by atoms with E-state index in [1.54, 1.807) is 6.07 Å². The molecule has 0 amide bonds. The highest BCUT2D eigenvalue weighted by atomic mass is 16.5. The second-order valence-corrected chi connectivity index (χ2v) is 5.24. The van der Waals surface area contributed by atoms with Gasteiger partial charge in [0.1, 0.15) is 12.4 Å². The Labute approximate surface area is 142 Å². The normalized spacial score (nSPS) is 10.6. The predicted octanol–water partition coefficient (Wildman–Crippen LogP) is 0.714. The standard InChI is InChI=1S/C16H14N6O3/c1-3-22-14-13(19-20-22)15(23)21(9-18-14)8-10-4-5-11(7-17)12(6-10)16(24)25-2/h4-6,9H,3,8H2,1-2H3. The van der Waals surface area contributed by atoms with Crippen LogP contribution >= 0.6 is 0 Å². The van der Waals surface area contributed by atoms with Crippen molar-refractivity contribution in [1.82, 2.24) is 24.5 Å². The Hall–Kier alpha value is -3.54. The van der Waals surface area contributed by atoms with E-state index in [-0.39, 0.29) is 28.7 Å². The molecule has 0 unspecified atom stereocenters. The van der Waals surface area contributed by atoms with Gasteiger partial charge in [0.25, 0.3) is 5.56 Å². The molecule has 3 rings (SSSR count). The van der Waals surface area contributed by atoms with Crippen molar-refractivity contribution in [3.05, 3.63) is 51.6 Å². The summed E-state index contributed by atoms with van der Waals surface area (Å²) in [7, 11) is 1.25. The van der Waals surface area contributed by atoms with Crippen LogP contribution in [0.2, 0.25) is 0 Å². The van der Waals surface area contributed by atoms with Crippen molar-refractivity contribution in [3.8, 4) is 6.07 Å². The molecule has 0 fully saturated rings. The van der Waals surface area contributed by atoms with Crippen LogP contribution in [0.15, 0.2) is 29.3 Å². The minimum atomic E-state index is -0.606. The van der Waals surface area contributed by atoms with Crippen LogP contribution in [0, 0.1) is 11.3 Å². The van der Waals surface area contributed by atoms with Crippen LogP contribution in [-0.4, -0.2) is 37.6 Å². The molecule has 0 aliphatic carbocycles. The van der Waals surface area contributed by atoms with Crippen LogP contribution < -0.4 is 5.56 Å². The number of fused-ring (bicyclic) bond motifs is 1. The number of hydrogen-bond donors (Lipinski definition) is 0. The van der Waals surface area contributed by atoms with Crippen LogP contribution in [-0.2, 0) is 17.8 Å². The lowest BCUT2D eigenvalue weighted by molar-refractivity contribution is 0.0600. The molecule has 0 aliphatic rings. The van der Waals surface area contributed by atoms with Crippen molar-refractivity contribution >= 4 is 17.1 Å². The lowest BCUT2D eigenvalue weighted by atomic mass is 10.0. The Morgan fingerprint density at radius 2 is 2.20 bits per heavy atom. The summed E-state index contributed by atoms with van der Waals surface area (Å²) in [5.41, 5.74) is 1.31. The van der Waals surface area contributed by atoms with Crippen LogP contribution in [0.25, 0.3) is 11.2 Å². The molecule has 0 spiro atoms. The van der Waals surface area contributed by atoms with Crippen molar-refractivity contribution in [2.45, 2.75) is 20.0 Å². The number of hydrogen-bond acceptors (Lipinski definition) is 7. The van der Waals surface area contributed by atoms with E-state index in [1.807, 2.05) is 13.0 Å². The Bertz CT molecular complexity index is 1060. The van der Waals surface area contributed by atoms with Gasteiger partial charge in [0.2, 0.25) is 0 Å². The van der Waals surface area contributed by atoms with E-state index in [4.69, 9.17) is 5.26 Å². The third-order valence-electron chi connectivity index (χ3n) is 3.75. The number of ether oxygens (including phenoxy) is 1. The summed E-state index contributed by atoms with van der Waals surface area (Å²) < 4.78 is 7.60. The molecule has 3 aromatic rings. The van der Waals surface area contributed by atoms with E-state index in [0.29, 0.717) is 17.8 Å². The van der Waals surface area contributed by atoms with Crippen molar-refractivity contribution in [2.24, 2.45) is 0 Å². The fraction of sp³-hybridized carbons (Fsp3) is 0.250. The van der Waals surface area contributed by atoms with Gasteiger partial charge in [0.05, 0.1) is 24.8 Å². The Morgan fingerprint density at radius 3 is 2.88 bits per heavy atom. The Kier molecular flexibility index (Phi) is 4.26. The third kappa shape index (κ3) is 2.85. The number of rotatable bonds is 4. The minimum absolute atomic E-state index is 0.154. The van der Waals surface area contributed by atoms with E-state index < -0.39 is 5.97 Å². The molecule has 0 saturated heterocycles. The summed E-state index contributed by atoms with van der Waals surface area (Å²) in [6.45, 7) is 2.62. The summed E-state index contributed by atoms with van der Waals surface area (Å²) in [5.74, 6) is -0.606. The number of aromatic nitrogens is 5. The second-order valence-electron chi connectivity index (χ2n) is 5.24. The second kappa shape index (κ2) is 6.52. The highest BCUT2D eigenvalue weighted by Crippen LogP contribution is 2.14. The largest absolute Gasteiger partial charge is 0.465 e. The minimum Gasteiger partial charge on any atom is -0.465 e. The first-order chi connectivity index (χ1) is 12.1. The molecule has 0 aliphatic heterocycles. The van der Waals surface area contributed by atoms with Gasteiger partial charge in [0.15, 0.2) is 11.2 Å². The summed E-state index contributed by atoms with van der Waals surface area (Å²) in [5, 5.41) is 16.9. The van der Waals surface area contributed by atoms with Crippen molar-refractivity contribution in [1.29, 1.82) is 5.26 Å². The van der Waals surface area contributed by atoms with Gasteiger partial charge >= 0.3 is 5.97 Å². The van der Waals surface area contributed by atoms with E-state index in [0.717, 1.165) is 0 Å². The molecular formula is C16H14N6O3. The highest BCUT2D eigenvalue weighted by Gasteiger charge is 2.15. The first-order valence-electron chi connectivity index (χ1n) is 7.49. The summed E-state index contributed by atoms with van der Waals surface area (Å²) in [4.78, 5) is 28.6. The maximum Gasteiger partial charge on any atom is 0.339 e. The molecule has 2 aromatic heterocycles. The summed E-state index contributed by atoms with van der Waals surface area (Å²) >= 11 is 0. The molecule has 0 bridgehead atoms. The lowest BCUT2D eigenvalue weighted by Crippen LogP contribution is -2.22. The molecule has 0 saturated carbocycles. The molecule has 25 heavy (non-hydrogen) atoms. The van der Waals surface area contributed by atoms with Gasteiger partial charge in [-0.1, -0.05) is 11.3 Å². The van der Waals surface area contributed by atoms with Crippen LogP contribution in [0.5, 0.6) is 0 Å². The van der Waals surface area contributed by atoms with E-state index in [1.165, 1.54) is 34.8 Å². The maximum atomic E-state index is 12.5. The predicted molar refractivity (Wildman–Crippen MR) is 86.9 cm³/mol. The molecule has 126 valence electrons. The van der Waals surface area contributed by atoms with E-state index in [9.17, 15) is 9.59 Å². The van der Waals surface area contributed by atoms with Gasteiger partial charge in [0, 0.05) is 6.54 Å². The number of aryl methyl sites for hydroxylation is 1. The first kappa shape index (κ1) is 16.3. The topological polar surface area (TPSA) is 116 Å². The number of carbonyl (C=O) groups is 1. The number of nitriles is 1. The smallest absolute Gasteiger partial charge is 0.339 e. The maximum absolute atomic E-state index is 12.5. The van der Waals surface area contributed by atoms with Crippen molar-refractivity contribution in [3.63, 3.8) is 0 Å². The van der Waals surface area contributed by atoms with Crippen molar-refractivity contribution in [2.75, 3.05) is 7.11 Å². The van der Waals surface area contributed by atoms with Crippen molar-refractivity contribution < 1.29 is 9.53 Å². The van der Waals surface area contributed by atoms with Gasteiger partial charge < -0.3 is 4.74 Å². The van der Waals surface area contributed by atoms with Crippen LogP contribution in [0.3, 0.4) is 0 Å². The number of methoxy groups -OCH3 is 1. The zero-order valence-corrected chi connectivity index (χ0v) is 13.6. The van der Waals surface area contributed by atoms with Gasteiger partial charge in [-0.2, -0.15) is 5.26 Å². The number of nitrogens with zero attached hydrogens (tertiary/aromatic N) is 6. The summed E-state index contributed by atoms with van der Waals surface area (Å²) in [6.07, 6.45) is 1.41. The quantitative estimate of drug-likeness (QED) is 0.643. The molecule has 9 heteroatoms. The molecule has 0 N–H and O–H groups in total. The van der Waals surface area contributed by atoms with Crippen LogP contribution in [0.1, 0.15) is 28.4 Å². The fourth-order valence-corrected chi connectivity index (χ4v) is 2.48. The molecule has 1 aromatic carbocycles. The summed E-state index contributed by atoms with van der Waals surface area (Å²) in [6, 6.07) is 6.67. The average Bonchev–Trinajstić information content (AvgIpc) is 3.07. The molecule has 2 heterocycles. The number of carbonyl (C=O) groups excluding carboxylic acids is 1. The molecule has 9 nitrogen and oxygen atoms in total. The zero-order valence-electron chi connectivity index (χ0n) is 13.6. The Morgan fingerprint density at radius 1 is 1.40 bits per heavy atom. The van der Waals surface area contributed by atoms with E-state index in [2.05, 4.69) is 20.0 Å². The lowest BCUT2D eigenvalue weighted by Gasteiger charge is -2.08. The molecule has 0 radical (unpaired) electrons. The van der Waals surface area contributed by atoms with Gasteiger partial charge in [-0.25, -0.2) is 14.5 Å². The Balaban J connectivity index is 2.02.